The lowest BCUT2D eigenvalue weighted by atomic mass is 10.1. The first-order chi connectivity index (χ1) is 6.24. The fraction of sp³-hybridized carbons (Fsp3) is 0.818. The van der Waals surface area contributed by atoms with E-state index >= 15 is 0 Å². The van der Waals surface area contributed by atoms with Crippen molar-refractivity contribution in [2.24, 2.45) is 5.41 Å². The molecule has 2 aliphatic rings. The van der Waals surface area contributed by atoms with E-state index < -0.39 is 0 Å². The third kappa shape index (κ3) is 2.12. The van der Waals surface area contributed by atoms with E-state index in [2.05, 4.69) is 11.5 Å². The van der Waals surface area contributed by atoms with Crippen LogP contribution in [0.3, 0.4) is 0 Å². The van der Waals surface area contributed by atoms with Crippen molar-refractivity contribution < 1.29 is 4.74 Å². The lowest BCUT2D eigenvalue weighted by Crippen LogP contribution is -2.30. The van der Waals surface area contributed by atoms with E-state index in [1.807, 2.05) is 7.11 Å². The molecule has 2 rings (SSSR count). The summed E-state index contributed by atoms with van der Waals surface area (Å²) in [5.74, 6) is 0. The maximum Gasteiger partial charge on any atom is 0.0530 e. The minimum Gasteiger partial charge on any atom is -0.384 e. The Morgan fingerprint density at radius 1 is 1.54 bits per heavy atom. The van der Waals surface area contributed by atoms with Gasteiger partial charge in [-0.05, 0) is 19.3 Å². The van der Waals surface area contributed by atoms with E-state index in [-0.39, 0.29) is 0 Å². The molecule has 0 radical (unpaired) electrons. The molecule has 0 amide bonds. The Bertz CT molecular complexity index is 208. The van der Waals surface area contributed by atoms with Crippen LogP contribution in [-0.2, 0) is 4.74 Å². The summed E-state index contributed by atoms with van der Waals surface area (Å²) in [7, 11) is 1.81. The quantitative estimate of drug-likeness (QED) is 0.612. The molecule has 1 saturated heterocycles. The van der Waals surface area contributed by atoms with Gasteiger partial charge in [-0.3, -0.25) is 4.90 Å². The van der Waals surface area contributed by atoms with Crippen molar-refractivity contribution in [1.29, 1.82) is 0 Å². The van der Waals surface area contributed by atoms with E-state index in [0.29, 0.717) is 5.41 Å². The summed E-state index contributed by atoms with van der Waals surface area (Å²) in [6.07, 6.45) is 3.90. The van der Waals surface area contributed by atoms with E-state index in [1.165, 1.54) is 37.9 Å². The molecule has 1 aliphatic heterocycles. The van der Waals surface area contributed by atoms with Crippen LogP contribution in [0.1, 0.15) is 19.3 Å². The smallest absolute Gasteiger partial charge is 0.0530 e. The molecule has 0 atom stereocenters. The highest BCUT2D eigenvalue weighted by molar-refractivity contribution is 5.06. The van der Waals surface area contributed by atoms with Gasteiger partial charge in [0.15, 0.2) is 0 Å². The van der Waals surface area contributed by atoms with Crippen LogP contribution in [0.4, 0.5) is 0 Å². The molecule has 0 N–H and O–H groups in total. The standard InChI is InChI=1S/C11H19NO/c1-10-3-6-12(7-10)8-11(4-5-11)9-13-2/h1,3-9H2,2H3. The Balaban J connectivity index is 1.81. The van der Waals surface area contributed by atoms with Crippen LogP contribution in [0.5, 0.6) is 0 Å². The van der Waals surface area contributed by atoms with Gasteiger partial charge in [-0.1, -0.05) is 12.2 Å². The highest BCUT2D eigenvalue weighted by atomic mass is 16.5. The monoisotopic (exact) mass is 181 g/mol. The van der Waals surface area contributed by atoms with Crippen molar-refractivity contribution in [3.8, 4) is 0 Å². The van der Waals surface area contributed by atoms with Crippen molar-refractivity contribution in [3.05, 3.63) is 12.2 Å². The zero-order valence-electron chi connectivity index (χ0n) is 8.51. The van der Waals surface area contributed by atoms with Crippen molar-refractivity contribution >= 4 is 0 Å². The molecule has 0 aromatic carbocycles. The molecule has 74 valence electrons. The van der Waals surface area contributed by atoms with Gasteiger partial charge in [-0.2, -0.15) is 0 Å². The topological polar surface area (TPSA) is 12.5 Å². The lowest BCUT2D eigenvalue weighted by Gasteiger charge is -2.21. The molecule has 1 heterocycles. The number of likely N-dealkylation sites (tertiary alicyclic amines) is 1. The number of nitrogens with zero attached hydrogens (tertiary/aromatic N) is 1. The van der Waals surface area contributed by atoms with Crippen LogP contribution in [0.25, 0.3) is 0 Å². The molecule has 1 aliphatic carbocycles. The second-order valence-electron chi connectivity index (χ2n) is 4.64. The van der Waals surface area contributed by atoms with Crippen LogP contribution >= 0.6 is 0 Å². The highest BCUT2D eigenvalue weighted by Gasteiger charge is 2.44. The minimum absolute atomic E-state index is 0.513. The summed E-state index contributed by atoms with van der Waals surface area (Å²) in [5.41, 5.74) is 1.91. The van der Waals surface area contributed by atoms with Crippen molar-refractivity contribution in [2.45, 2.75) is 19.3 Å². The van der Waals surface area contributed by atoms with Gasteiger partial charge in [0.2, 0.25) is 0 Å². The summed E-state index contributed by atoms with van der Waals surface area (Å²) in [6, 6.07) is 0. The van der Waals surface area contributed by atoms with Gasteiger partial charge in [0.25, 0.3) is 0 Å². The van der Waals surface area contributed by atoms with Gasteiger partial charge >= 0.3 is 0 Å². The summed E-state index contributed by atoms with van der Waals surface area (Å²) in [6.45, 7) is 8.52. The molecule has 0 bridgehead atoms. The molecule has 2 fully saturated rings. The van der Waals surface area contributed by atoms with Crippen molar-refractivity contribution in [3.63, 3.8) is 0 Å². The second kappa shape index (κ2) is 3.43. The largest absolute Gasteiger partial charge is 0.384 e. The van der Waals surface area contributed by atoms with Crippen molar-refractivity contribution in [2.75, 3.05) is 33.4 Å². The number of hydrogen-bond acceptors (Lipinski definition) is 2. The summed E-state index contributed by atoms with van der Waals surface area (Å²) in [5, 5.41) is 0. The predicted molar refractivity (Wildman–Crippen MR) is 53.7 cm³/mol. The third-order valence-electron chi connectivity index (χ3n) is 3.20. The molecule has 0 aromatic heterocycles. The van der Waals surface area contributed by atoms with Gasteiger partial charge in [-0.25, -0.2) is 0 Å². The van der Waals surface area contributed by atoms with Crippen LogP contribution in [0.2, 0.25) is 0 Å². The molecule has 0 unspecified atom stereocenters. The molecular weight excluding hydrogens is 162 g/mol. The molecule has 2 nitrogen and oxygen atoms in total. The van der Waals surface area contributed by atoms with E-state index in [9.17, 15) is 0 Å². The maximum absolute atomic E-state index is 5.26. The lowest BCUT2D eigenvalue weighted by molar-refractivity contribution is 0.116. The molecule has 13 heavy (non-hydrogen) atoms. The molecule has 2 heteroatoms. The van der Waals surface area contributed by atoms with Gasteiger partial charge < -0.3 is 4.74 Å². The zero-order chi connectivity index (χ0) is 9.31. The van der Waals surface area contributed by atoms with E-state index in [1.54, 1.807) is 0 Å². The van der Waals surface area contributed by atoms with E-state index in [0.717, 1.165) is 13.2 Å². The Kier molecular flexibility index (Phi) is 2.43. The minimum atomic E-state index is 0.513. The first-order valence-electron chi connectivity index (χ1n) is 5.12. The SMILES string of the molecule is C=C1CCN(CC2(COC)CC2)C1. The fourth-order valence-electron chi connectivity index (χ4n) is 2.23. The van der Waals surface area contributed by atoms with Gasteiger partial charge in [0.05, 0.1) is 6.61 Å². The summed E-state index contributed by atoms with van der Waals surface area (Å²) < 4.78 is 5.26. The van der Waals surface area contributed by atoms with Crippen LogP contribution in [0.15, 0.2) is 12.2 Å². The summed E-state index contributed by atoms with van der Waals surface area (Å²) >= 11 is 0. The Labute approximate surface area is 80.6 Å². The number of ether oxygens (including phenoxy) is 1. The Morgan fingerprint density at radius 3 is 2.77 bits per heavy atom. The van der Waals surface area contributed by atoms with Gasteiger partial charge in [0.1, 0.15) is 0 Å². The third-order valence-corrected chi connectivity index (χ3v) is 3.20. The van der Waals surface area contributed by atoms with Crippen LogP contribution < -0.4 is 0 Å². The highest BCUT2D eigenvalue weighted by Crippen LogP contribution is 2.46. The molecule has 0 spiro atoms. The fourth-order valence-corrected chi connectivity index (χ4v) is 2.23. The second-order valence-corrected chi connectivity index (χ2v) is 4.64. The average Bonchev–Trinajstić information content (AvgIpc) is 2.70. The van der Waals surface area contributed by atoms with Crippen LogP contribution in [0, 0.1) is 5.41 Å². The predicted octanol–water partition coefficient (Wildman–Crippen LogP) is 1.67. The van der Waals surface area contributed by atoms with Crippen molar-refractivity contribution in [1.82, 2.24) is 4.90 Å². The Hall–Kier alpha value is -0.340. The normalized spacial score (nSPS) is 26.7. The van der Waals surface area contributed by atoms with Gasteiger partial charge in [-0.15, -0.1) is 0 Å². The molecule has 1 saturated carbocycles. The first kappa shape index (κ1) is 9.22. The molecule has 0 aromatic rings. The zero-order valence-corrected chi connectivity index (χ0v) is 8.51. The van der Waals surface area contributed by atoms with Crippen LogP contribution in [-0.4, -0.2) is 38.3 Å². The number of hydrogen-bond donors (Lipinski definition) is 0. The number of methoxy groups -OCH3 is 1. The first-order valence-corrected chi connectivity index (χ1v) is 5.12. The average molecular weight is 181 g/mol. The van der Waals surface area contributed by atoms with E-state index in [4.69, 9.17) is 4.74 Å². The van der Waals surface area contributed by atoms with Gasteiger partial charge in [0, 0.05) is 32.2 Å². The summed E-state index contributed by atoms with van der Waals surface area (Å²) in [4.78, 5) is 2.52. The maximum atomic E-state index is 5.26. The molecular formula is C11H19NO. The Morgan fingerprint density at radius 2 is 2.31 bits per heavy atom. The number of rotatable bonds is 4.